The van der Waals surface area contributed by atoms with E-state index in [-0.39, 0.29) is 0 Å². The summed E-state index contributed by atoms with van der Waals surface area (Å²) in [7, 11) is 1.16. The molecule has 0 saturated carbocycles. The molecule has 1 N–H and O–H groups in total. The molecule has 0 radical (unpaired) electrons. The van der Waals surface area contributed by atoms with Crippen LogP contribution in [0.1, 0.15) is 0 Å². The van der Waals surface area contributed by atoms with Gasteiger partial charge in [0.15, 0.2) is 6.80 Å². The molecule has 0 unspecified atom stereocenters. The third-order valence-electron chi connectivity index (χ3n) is 0.506. The number of halogens is 1. The Balaban J connectivity index is 3.34. The predicted octanol–water partition coefficient (Wildman–Crippen LogP) is 0.523. The summed E-state index contributed by atoms with van der Waals surface area (Å²) in [5.74, 6) is 0. The minimum Gasteiger partial charge on any atom is -0.465 e. The van der Waals surface area contributed by atoms with Crippen LogP contribution in [0.4, 0.5) is 9.18 Å². The fourth-order valence-corrected chi connectivity index (χ4v) is 0.0511. The Labute approximate surface area is 40.4 Å². The van der Waals surface area contributed by atoms with E-state index in [0.717, 1.165) is 7.05 Å². The molecule has 4 heteroatoms. The summed E-state index contributed by atoms with van der Waals surface area (Å²) in [6.45, 7) is -0.949. The second-order valence-corrected chi connectivity index (χ2v) is 1.10. The minimum atomic E-state index is -1.25. The lowest BCUT2D eigenvalue weighted by Gasteiger charge is -2.03. The van der Waals surface area contributed by atoms with Gasteiger partial charge in [-0.05, 0) is 0 Å². The molecule has 0 spiro atoms. The SMILES string of the molecule is CN(CF)C(=O)O. The molecule has 0 rings (SSSR count). The van der Waals surface area contributed by atoms with Crippen LogP contribution in [-0.2, 0) is 0 Å². The zero-order chi connectivity index (χ0) is 5.86. The summed E-state index contributed by atoms with van der Waals surface area (Å²) in [5.41, 5.74) is 0. The van der Waals surface area contributed by atoms with E-state index in [1.165, 1.54) is 0 Å². The van der Waals surface area contributed by atoms with Crippen LogP contribution in [0, 0.1) is 0 Å². The standard InChI is InChI=1S/C3H6FNO2/c1-5(2-4)3(6)7/h2H2,1H3,(H,6,7). The summed E-state index contributed by atoms with van der Waals surface area (Å²) in [5, 5.41) is 7.87. The van der Waals surface area contributed by atoms with Crippen LogP contribution >= 0.6 is 0 Å². The Hall–Kier alpha value is -0.800. The van der Waals surface area contributed by atoms with Gasteiger partial charge >= 0.3 is 6.09 Å². The highest BCUT2D eigenvalue weighted by Gasteiger charge is 2.00. The number of hydrogen-bond acceptors (Lipinski definition) is 1. The van der Waals surface area contributed by atoms with Gasteiger partial charge in [-0.3, -0.25) is 4.90 Å². The van der Waals surface area contributed by atoms with E-state index >= 15 is 0 Å². The van der Waals surface area contributed by atoms with E-state index in [1.807, 2.05) is 0 Å². The molecule has 0 bridgehead atoms. The largest absolute Gasteiger partial charge is 0.465 e. The Kier molecular flexibility index (Phi) is 2.11. The van der Waals surface area contributed by atoms with Crippen LogP contribution in [0.3, 0.4) is 0 Å². The van der Waals surface area contributed by atoms with Gasteiger partial charge in [-0.2, -0.15) is 0 Å². The van der Waals surface area contributed by atoms with E-state index < -0.39 is 12.9 Å². The zero-order valence-electron chi connectivity index (χ0n) is 3.89. The molecular weight excluding hydrogens is 101 g/mol. The summed E-state index contributed by atoms with van der Waals surface area (Å²) < 4.78 is 11.2. The number of hydrogen-bond donors (Lipinski definition) is 1. The molecule has 0 saturated heterocycles. The summed E-state index contributed by atoms with van der Waals surface area (Å²) in [6.07, 6.45) is -1.25. The summed E-state index contributed by atoms with van der Waals surface area (Å²) >= 11 is 0. The highest BCUT2D eigenvalue weighted by molar-refractivity contribution is 5.64. The molecule has 7 heavy (non-hydrogen) atoms. The first-order valence-electron chi connectivity index (χ1n) is 1.68. The van der Waals surface area contributed by atoms with Crippen molar-refractivity contribution in [1.82, 2.24) is 4.90 Å². The molecule has 42 valence electrons. The average Bonchev–Trinajstić information content (AvgIpc) is 1.65. The number of carboxylic acid groups (broad SMARTS) is 1. The normalized spacial score (nSPS) is 8.29. The maximum Gasteiger partial charge on any atom is 0.409 e. The zero-order valence-corrected chi connectivity index (χ0v) is 3.89. The minimum absolute atomic E-state index is 0.542. The molecule has 0 aliphatic heterocycles. The fraction of sp³-hybridized carbons (Fsp3) is 0.667. The topological polar surface area (TPSA) is 40.5 Å². The molecule has 0 atom stereocenters. The van der Waals surface area contributed by atoms with E-state index in [9.17, 15) is 9.18 Å². The fourth-order valence-electron chi connectivity index (χ4n) is 0.0511. The van der Waals surface area contributed by atoms with Crippen molar-refractivity contribution in [3.8, 4) is 0 Å². The van der Waals surface area contributed by atoms with Crippen molar-refractivity contribution in [3.63, 3.8) is 0 Å². The van der Waals surface area contributed by atoms with E-state index in [1.54, 1.807) is 0 Å². The molecule has 0 fully saturated rings. The predicted molar refractivity (Wildman–Crippen MR) is 21.8 cm³/mol. The second-order valence-electron chi connectivity index (χ2n) is 1.10. The van der Waals surface area contributed by atoms with E-state index in [0.29, 0.717) is 4.90 Å². The Morgan fingerprint density at radius 2 is 2.43 bits per heavy atom. The second kappa shape index (κ2) is 2.39. The van der Waals surface area contributed by atoms with Crippen molar-refractivity contribution in [2.45, 2.75) is 0 Å². The van der Waals surface area contributed by atoms with Crippen molar-refractivity contribution < 1.29 is 14.3 Å². The van der Waals surface area contributed by atoms with Crippen molar-refractivity contribution >= 4 is 6.09 Å². The van der Waals surface area contributed by atoms with Gasteiger partial charge in [0.1, 0.15) is 0 Å². The number of nitrogens with zero attached hydrogens (tertiary/aromatic N) is 1. The van der Waals surface area contributed by atoms with Crippen LogP contribution in [0.5, 0.6) is 0 Å². The van der Waals surface area contributed by atoms with Gasteiger partial charge in [0.25, 0.3) is 0 Å². The number of alkyl halides is 1. The van der Waals surface area contributed by atoms with Crippen LogP contribution in [0.25, 0.3) is 0 Å². The molecule has 0 aromatic carbocycles. The molecule has 0 aliphatic rings. The lowest BCUT2D eigenvalue weighted by Crippen LogP contribution is -2.22. The van der Waals surface area contributed by atoms with Crippen LogP contribution in [0.2, 0.25) is 0 Å². The first-order chi connectivity index (χ1) is 3.18. The van der Waals surface area contributed by atoms with E-state index in [2.05, 4.69) is 0 Å². The van der Waals surface area contributed by atoms with E-state index in [4.69, 9.17) is 5.11 Å². The van der Waals surface area contributed by atoms with Crippen molar-refractivity contribution in [2.75, 3.05) is 13.8 Å². The molecule has 1 amide bonds. The average molecular weight is 107 g/mol. The highest BCUT2D eigenvalue weighted by Crippen LogP contribution is 1.80. The molecule has 0 aliphatic carbocycles. The van der Waals surface area contributed by atoms with Crippen LogP contribution in [-0.4, -0.2) is 29.9 Å². The highest BCUT2D eigenvalue weighted by atomic mass is 19.1. The van der Waals surface area contributed by atoms with Gasteiger partial charge in [-0.25, -0.2) is 9.18 Å². The van der Waals surface area contributed by atoms with Gasteiger partial charge in [-0.1, -0.05) is 0 Å². The van der Waals surface area contributed by atoms with Gasteiger partial charge in [-0.15, -0.1) is 0 Å². The smallest absolute Gasteiger partial charge is 0.409 e. The number of amides is 1. The molecule has 0 aromatic heterocycles. The van der Waals surface area contributed by atoms with Gasteiger partial charge in [0.2, 0.25) is 0 Å². The lowest BCUT2D eigenvalue weighted by molar-refractivity contribution is 0.137. The van der Waals surface area contributed by atoms with Crippen LogP contribution in [0.15, 0.2) is 0 Å². The van der Waals surface area contributed by atoms with Crippen molar-refractivity contribution in [2.24, 2.45) is 0 Å². The molecule has 3 nitrogen and oxygen atoms in total. The Morgan fingerprint density at radius 1 is 2.00 bits per heavy atom. The Morgan fingerprint density at radius 3 is 2.43 bits per heavy atom. The number of rotatable bonds is 1. The van der Waals surface area contributed by atoms with Gasteiger partial charge < -0.3 is 5.11 Å². The third kappa shape index (κ3) is 1.97. The lowest BCUT2D eigenvalue weighted by atomic mass is 10.9. The van der Waals surface area contributed by atoms with Crippen molar-refractivity contribution in [3.05, 3.63) is 0 Å². The molecular formula is C3H6FNO2. The third-order valence-corrected chi connectivity index (χ3v) is 0.506. The monoisotopic (exact) mass is 107 g/mol. The maximum atomic E-state index is 11.2. The quantitative estimate of drug-likeness (QED) is 0.496. The van der Waals surface area contributed by atoms with Crippen molar-refractivity contribution in [1.29, 1.82) is 0 Å². The van der Waals surface area contributed by atoms with Gasteiger partial charge in [0.05, 0.1) is 0 Å². The van der Waals surface area contributed by atoms with Crippen LogP contribution < -0.4 is 0 Å². The summed E-state index contributed by atoms with van der Waals surface area (Å²) in [6, 6.07) is 0. The first kappa shape index (κ1) is 6.20. The maximum absolute atomic E-state index is 11.2. The molecule has 0 aromatic rings. The Bertz CT molecular complexity index is 75.3. The first-order valence-corrected chi connectivity index (χ1v) is 1.68. The number of carbonyl (C=O) groups is 1. The molecule has 0 heterocycles. The summed E-state index contributed by atoms with van der Waals surface area (Å²) in [4.78, 5) is 10.2. The van der Waals surface area contributed by atoms with Gasteiger partial charge in [0, 0.05) is 7.05 Å².